The van der Waals surface area contributed by atoms with Crippen LogP contribution in [0.3, 0.4) is 0 Å². The lowest BCUT2D eigenvalue weighted by Gasteiger charge is -2.00. The second-order valence-corrected chi connectivity index (χ2v) is 7.07. The standard InChI is InChI=1S/C12H13N3O.C12H12N2O2.CH5N.CH4/c1-13-12(16)10-5-3-9(4-6-10)11-7-15(2)8-14-11;1-14-7-11(13-8-14)9-3-5-10(6-4-9)12(15)16-2;1-2;/h3-8H,1-2H3,(H,13,16);3-8H,1-2H3;2H2,1H3;1H4. The van der Waals surface area contributed by atoms with Crippen molar-refractivity contribution in [1.29, 1.82) is 0 Å². The van der Waals surface area contributed by atoms with Gasteiger partial charge in [0.25, 0.3) is 5.91 Å². The van der Waals surface area contributed by atoms with Gasteiger partial charge in [-0.25, -0.2) is 14.8 Å². The van der Waals surface area contributed by atoms with Crippen molar-refractivity contribution in [1.82, 2.24) is 24.4 Å². The van der Waals surface area contributed by atoms with Crippen molar-refractivity contribution < 1.29 is 14.3 Å². The number of carbonyl (C=O) groups is 2. The van der Waals surface area contributed by atoms with Gasteiger partial charge < -0.3 is 24.9 Å². The molecule has 9 nitrogen and oxygen atoms in total. The van der Waals surface area contributed by atoms with Crippen molar-refractivity contribution in [3.05, 3.63) is 84.7 Å². The Labute approximate surface area is 206 Å². The van der Waals surface area contributed by atoms with E-state index in [0.29, 0.717) is 11.1 Å². The lowest BCUT2D eigenvalue weighted by Crippen LogP contribution is -2.17. The summed E-state index contributed by atoms with van der Waals surface area (Å²) >= 11 is 0. The average molecular weight is 479 g/mol. The molecule has 1 amide bonds. The van der Waals surface area contributed by atoms with Crippen LogP contribution in [0.25, 0.3) is 22.5 Å². The summed E-state index contributed by atoms with van der Waals surface area (Å²) in [5, 5.41) is 2.59. The zero-order valence-electron chi connectivity index (χ0n) is 20.0. The van der Waals surface area contributed by atoms with E-state index in [2.05, 4.69) is 25.8 Å². The first kappa shape index (κ1) is 28.8. The molecule has 35 heavy (non-hydrogen) atoms. The molecule has 186 valence electrons. The minimum Gasteiger partial charge on any atom is -0.465 e. The minimum atomic E-state index is -0.326. The van der Waals surface area contributed by atoms with Crippen LogP contribution in [0.1, 0.15) is 28.1 Å². The molecule has 3 N–H and O–H groups in total. The summed E-state index contributed by atoms with van der Waals surface area (Å²) in [6.07, 6.45) is 7.35. The Balaban J connectivity index is 0.000000318. The van der Waals surface area contributed by atoms with E-state index in [1.54, 1.807) is 44.0 Å². The van der Waals surface area contributed by atoms with E-state index in [9.17, 15) is 9.59 Å². The summed E-state index contributed by atoms with van der Waals surface area (Å²) in [5.41, 5.74) is 9.48. The summed E-state index contributed by atoms with van der Waals surface area (Å²) in [7, 11) is 8.33. The molecule has 0 radical (unpaired) electrons. The first-order valence-corrected chi connectivity index (χ1v) is 10.5. The van der Waals surface area contributed by atoms with Gasteiger partial charge in [0.1, 0.15) is 0 Å². The van der Waals surface area contributed by atoms with E-state index in [0.717, 1.165) is 22.5 Å². The number of hydrogen-bond acceptors (Lipinski definition) is 6. The molecule has 0 spiro atoms. The van der Waals surface area contributed by atoms with Crippen molar-refractivity contribution in [3.8, 4) is 22.5 Å². The lowest BCUT2D eigenvalue weighted by atomic mass is 10.1. The predicted octanol–water partition coefficient (Wildman–Crippen LogP) is 3.53. The largest absolute Gasteiger partial charge is 0.465 e. The zero-order chi connectivity index (χ0) is 25.1. The number of methoxy groups -OCH3 is 1. The fourth-order valence-electron chi connectivity index (χ4n) is 2.96. The van der Waals surface area contributed by atoms with Gasteiger partial charge in [0.15, 0.2) is 0 Å². The van der Waals surface area contributed by atoms with E-state index in [1.165, 1.54) is 14.2 Å². The fourth-order valence-corrected chi connectivity index (χ4v) is 2.96. The number of aromatic nitrogens is 4. The Morgan fingerprint density at radius 1 is 0.800 bits per heavy atom. The third-order valence-electron chi connectivity index (χ3n) is 4.68. The quantitative estimate of drug-likeness (QED) is 0.433. The van der Waals surface area contributed by atoms with Gasteiger partial charge in [-0.1, -0.05) is 31.7 Å². The number of carbonyl (C=O) groups excluding carboxylic acids is 2. The molecular weight excluding hydrogens is 444 g/mol. The SMILES string of the molecule is C.CN.CNC(=O)c1ccc(-c2cn(C)cn2)cc1.COC(=O)c1ccc(-c2cn(C)cn2)cc1. The smallest absolute Gasteiger partial charge is 0.337 e. The molecule has 0 bridgehead atoms. The Bertz CT molecular complexity index is 1100. The topological polar surface area (TPSA) is 117 Å². The molecule has 0 aliphatic rings. The normalized spacial score (nSPS) is 9.43. The summed E-state index contributed by atoms with van der Waals surface area (Å²) < 4.78 is 8.40. The third-order valence-corrected chi connectivity index (χ3v) is 4.68. The highest BCUT2D eigenvalue weighted by molar-refractivity contribution is 5.94. The van der Waals surface area contributed by atoms with Crippen molar-refractivity contribution in [2.24, 2.45) is 19.8 Å². The highest BCUT2D eigenvalue weighted by Crippen LogP contribution is 2.18. The van der Waals surface area contributed by atoms with Gasteiger partial charge in [-0.3, -0.25) is 4.79 Å². The Kier molecular flexibility index (Phi) is 11.6. The van der Waals surface area contributed by atoms with Crippen LogP contribution >= 0.6 is 0 Å². The Hall–Kier alpha value is -4.24. The molecule has 0 aliphatic heterocycles. The van der Waals surface area contributed by atoms with Crippen LogP contribution in [-0.2, 0) is 18.8 Å². The maximum absolute atomic E-state index is 11.3. The number of aryl methyl sites for hydroxylation is 2. The van der Waals surface area contributed by atoms with E-state index >= 15 is 0 Å². The third kappa shape index (κ3) is 7.94. The highest BCUT2D eigenvalue weighted by Gasteiger charge is 2.06. The average Bonchev–Trinajstić information content (AvgIpc) is 3.53. The highest BCUT2D eigenvalue weighted by atomic mass is 16.5. The number of amides is 1. The number of benzene rings is 2. The molecular formula is C26H34N6O3. The number of nitrogens with two attached hydrogens (primary N) is 1. The molecule has 4 rings (SSSR count). The van der Waals surface area contributed by atoms with Gasteiger partial charge >= 0.3 is 5.97 Å². The molecule has 0 atom stereocenters. The monoisotopic (exact) mass is 478 g/mol. The van der Waals surface area contributed by atoms with E-state index in [4.69, 9.17) is 0 Å². The van der Waals surface area contributed by atoms with Crippen LogP contribution in [-0.4, -0.2) is 52.2 Å². The van der Waals surface area contributed by atoms with Crippen LogP contribution in [0.2, 0.25) is 0 Å². The second kappa shape index (κ2) is 14.1. The molecule has 0 aliphatic carbocycles. The summed E-state index contributed by atoms with van der Waals surface area (Å²) in [6, 6.07) is 14.6. The van der Waals surface area contributed by atoms with Crippen LogP contribution in [0.5, 0.6) is 0 Å². The van der Waals surface area contributed by atoms with E-state index in [1.807, 2.05) is 59.9 Å². The van der Waals surface area contributed by atoms with Crippen molar-refractivity contribution in [3.63, 3.8) is 0 Å². The van der Waals surface area contributed by atoms with Crippen molar-refractivity contribution >= 4 is 11.9 Å². The Morgan fingerprint density at radius 3 is 1.51 bits per heavy atom. The minimum absolute atomic E-state index is 0. The van der Waals surface area contributed by atoms with Crippen molar-refractivity contribution in [2.75, 3.05) is 21.2 Å². The van der Waals surface area contributed by atoms with E-state index < -0.39 is 0 Å². The van der Waals surface area contributed by atoms with E-state index in [-0.39, 0.29) is 19.3 Å². The molecule has 0 saturated carbocycles. The molecule has 2 aromatic heterocycles. The van der Waals surface area contributed by atoms with Gasteiger partial charge in [0.05, 0.1) is 36.7 Å². The van der Waals surface area contributed by atoms with Crippen LogP contribution < -0.4 is 11.1 Å². The summed E-state index contributed by atoms with van der Waals surface area (Å²) in [5.74, 6) is -0.403. The molecule has 2 aromatic carbocycles. The number of hydrogen-bond donors (Lipinski definition) is 2. The van der Waals surface area contributed by atoms with Gasteiger partial charge in [0.2, 0.25) is 0 Å². The molecule has 0 saturated heterocycles. The van der Waals surface area contributed by atoms with Crippen LogP contribution in [0.15, 0.2) is 73.6 Å². The molecule has 0 fully saturated rings. The summed E-state index contributed by atoms with van der Waals surface area (Å²) in [4.78, 5) is 31.0. The van der Waals surface area contributed by atoms with Gasteiger partial charge in [-0.15, -0.1) is 0 Å². The zero-order valence-corrected chi connectivity index (χ0v) is 20.0. The van der Waals surface area contributed by atoms with Gasteiger partial charge in [0, 0.05) is 50.2 Å². The number of imidazole rings is 2. The van der Waals surface area contributed by atoms with Gasteiger partial charge in [-0.05, 0) is 31.3 Å². The predicted molar refractivity (Wildman–Crippen MR) is 139 cm³/mol. The number of ether oxygens (including phenoxy) is 1. The molecule has 0 unspecified atom stereocenters. The fraction of sp³-hybridized carbons (Fsp3) is 0.231. The maximum atomic E-state index is 11.3. The first-order valence-electron chi connectivity index (χ1n) is 10.5. The number of nitrogens with zero attached hydrogens (tertiary/aromatic N) is 4. The lowest BCUT2D eigenvalue weighted by molar-refractivity contribution is 0.0600. The van der Waals surface area contributed by atoms with Crippen molar-refractivity contribution in [2.45, 2.75) is 7.43 Å². The second-order valence-electron chi connectivity index (χ2n) is 7.07. The molecule has 4 aromatic rings. The Morgan fingerprint density at radius 2 is 1.20 bits per heavy atom. The molecule has 2 heterocycles. The molecule has 9 heteroatoms. The van der Waals surface area contributed by atoms with Crippen LogP contribution in [0, 0.1) is 0 Å². The van der Waals surface area contributed by atoms with Gasteiger partial charge in [-0.2, -0.15) is 0 Å². The summed E-state index contributed by atoms with van der Waals surface area (Å²) in [6.45, 7) is 0. The number of rotatable bonds is 4. The number of esters is 1. The first-order chi connectivity index (χ1) is 16.4. The maximum Gasteiger partial charge on any atom is 0.337 e. The number of nitrogens with one attached hydrogen (secondary N) is 1. The van der Waals surface area contributed by atoms with Crippen LogP contribution in [0.4, 0.5) is 0 Å².